The van der Waals surface area contributed by atoms with Gasteiger partial charge in [0.15, 0.2) is 0 Å². The van der Waals surface area contributed by atoms with Crippen LogP contribution in [-0.2, 0) is 4.79 Å². The van der Waals surface area contributed by atoms with Crippen molar-refractivity contribution in [2.75, 3.05) is 50.1 Å². The molecule has 1 saturated heterocycles. The number of hydrogen-bond acceptors (Lipinski definition) is 4. The van der Waals surface area contributed by atoms with Crippen molar-refractivity contribution >= 4 is 33.2 Å². The summed E-state index contributed by atoms with van der Waals surface area (Å²) in [5.41, 5.74) is 2.02. The number of piperazine rings is 1. The van der Waals surface area contributed by atoms with E-state index in [4.69, 9.17) is 4.74 Å². The van der Waals surface area contributed by atoms with E-state index in [2.05, 4.69) is 43.2 Å². The average Bonchev–Trinajstić information content (AvgIpc) is 2.64. The Balaban J connectivity index is 1.46. The van der Waals surface area contributed by atoms with Crippen LogP contribution in [0.3, 0.4) is 0 Å². The number of nitrogens with zero attached hydrogens (tertiary/aromatic N) is 2. The highest BCUT2D eigenvalue weighted by atomic mass is 79.9. The summed E-state index contributed by atoms with van der Waals surface area (Å²) in [6.45, 7) is 4.00. The molecule has 0 spiro atoms. The number of carbonyl (C=O) groups excluding carboxylic acids is 1. The lowest BCUT2D eigenvalue weighted by molar-refractivity contribution is -0.117. The highest BCUT2D eigenvalue weighted by Gasteiger charge is 2.19. The highest BCUT2D eigenvalue weighted by molar-refractivity contribution is 9.10. The van der Waals surface area contributed by atoms with Crippen molar-refractivity contribution in [2.45, 2.75) is 0 Å². The molecule has 6 heteroatoms. The van der Waals surface area contributed by atoms with Crippen molar-refractivity contribution in [3.8, 4) is 5.75 Å². The summed E-state index contributed by atoms with van der Waals surface area (Å²) < 4.78 is 6.20. The SMILES string of the molecule is COc1ccc(N2CCN(CC(=O)Nc3ccc(Br)cc3)CC2)cc1. The number of anilines is 2. The number of methoxy groups -OCH3 is 1. The van der Waals surface area contributed by atoms with Gasteiger partial charge in [0.2, 0.25) is 5.91 Å². The van der Waals surface area contributed by atoms with Gasteiger partial charge in [0.1, 0.15) is 5.75 Å². The third-order valence-electron chi connectivity index (χ3n) is 4.31. The predicted octanol–water partition coefficient (Wildman–Crippen LogP) is 3.22. The van der Waals surface area contributed by atoms with E-state index in [0.29, 0.717) is 6.54 Å². The van der Waals surface area contributed by atoms with Crippen molar-refractivity contribution in [3.63, 3.8) is 0 Å². The van der Waals surface area contributed by atoms with E-state index in [1.807, 2.05) is 36.4 Å². The zero-order valence-corrected chi connectivity index (χ0v) is 15.8. The van der Waals surface area contributed by atoms with Crippen LogP contribution in [0, 0.1) is 0 Å². The summed E-state index contributed by atoms with van der Waals surface area (Å²) >= 11 is 3.39. The molecule has 1 aliphatic heterocycles. The highest BCUT2D eigenvalue weighted by Crippen LogP contribution is 2.20. The zero-order chi connectivity index (χ0) is 17.6. The molecule has 2 aromatic rings. The Morgan fingerprint density at radius 2 is 1.68 bits per heavy atom. The van der Waals surface area contributed by atoms with Crippen LogP contribution in [0.15, 0.2) is 53.0 Å². The Morgan fingerprint density at radius 3 is 2.28 bits per heavy atom. The Kier molecular flexibility index (Phi) is 5.94. The summed E-state index contributed by atoms with van der Waals surface area (Å²) in [5, 5.41) is 2.94. The number of nitrogens with one attached hydrogen (secondary N) is 1. The molecule has 2 aromatic carbocycles. The van der Waals surface area contributed by atoms with Crippen LogP contribution < -0.4 is 15.0 Å². The van der Waals surface area contributed by atoms with Gasteiger partial charge in [-0.1, -0.05) is 15.9 Å². The number of hydrogen-bond donors (Lipinski definition) is 1. The second kappa shape index (κ2) is 8.36. The minimum absolute atomic E-state index is 0.0280. The van der Waals surface area contributed by atoms with Crippen molar-refractivity contribution in [3.05, 3.63) is 53.0 Å². The van der Waals surface area contributed by atoms with Crippen molar-refractivity contribution in [2.24, 2.45) is 0 Å². The fraction of sp³-hybridized carbons (Fsp3) is 0.316. The Hall–Kier alpha value is -2.05. The third kappa shape index (κ3) is 4.96. The van der Waals surface area contributed by atoms with E-state index in [9.17, 15) is 4.79 Å². The van der Waals surface area contributed by atoms with Gasteiger partial charge in [-0.15, -0.1) is 0 Å². The maximum absolute atomic E-state index is 12.2. The fourth-order valence-electron chi connectivity index (χ4n) is 2.89. The first-order valence-electron chi connectivity index (χ1n) is 8.31. The molecule has 1 amide bonds. The molecule has 3 rings (SSSR count). The van der Waals surface area contributed by atoms with Crippen LogP contribution >= 0.6 is 15.9 Å². The summed E-state index contributed by atoms with van der Waals surface area (Å²) in [5.74, 6) is 0.896. The monoisotopic (exact) mass is 403 g/mol. The first-order valence-corrected chi connectivity index (χ1v) is 9.10. The van der Waals surface area contributed by atoms with Gasteiger partial charge in [-0.05, 0) is 48.5 Å². The third-order valence-corrected chi connectivity index (χ3v) is 4.83. The van der Waals surface area contributed by atoms with Gasteiger partial charge in [-0.25, -0.2) is 0 Å². The maximum atomic E-state index is 12.2. The van der Waals surface area contributed by atoms with E-state index < -0.39 is 0 Å². The molecule has 5 nitrogen and oxygen atoms in total. The smallest absolute Gasteiger partial charge is 0.238 e. The van der Waals surface area contributed by atoms with Gasteiger partial charge in [0.25, 0.3) is 0 Å². The summed E-state index contributed by atoms with van der Waals surface area (Å²) in [6, 6.07) is 15.7. The lowest BCUT2D eigenvalue weighted by atomic mass is 10.2. The molecule has 0 aliphatic carbocycles. The van der Waals surface area contributed by atoms with Gasteiger partial charge in [-0.2, -0.15) is 0 Å². The van der Waals surface area contributed by atoms with E-state index in [0.717, 1.165) is 42.1 Å². The molecule has 0 saturated carbocycles. The van der Waals surface area contributed by atoms with Crippen molar-refractivity contribution in [1.82, 2.24) is 4.90 Å². The van der Waals surface area contributed by atoms with Crippen LogP contribution in [0.4, 0.5) is 11.4 Å². The number of benzene rings is 2. The summed E-state index contributed by atoms with van der Waals surface area (Å²) in [7, 11) is 1.67. The lowest BCUT2D eigenvalue weighted by Crippen LogP contribution is -2.48. The topological polar surface area (TPSA) is 44.8 Å². The largest absolute Gasteiger partial charge is 0.497 e. The number of rotatable bonds is 5. The van der Waals surface area contributed by atoms with E-state index in [1.165, 1.54) is 5.69 Å². The van der Waals surface area contributed by atoms with Crippen LogP contribution in [0.5, 0.6) is 5.75 Å². The minimum Gasteiger partial charge on any atom is -0.497 e. The number of amides is 1. The van der Waals surface area contributed by atoms with Gasteiger partial charge >= 0.3 is 0 Å². The second-order valence-electron chi connectivity index (χ2n) is 6.02. The molecule has 0 aromatic heterocycles. The second-order valence-corrected chi connectivity index (χ2v) is 6.93. The van der Waals surface area contributed by atoms with Crippen LogP contribution in [-0.4, -0.2) is 50.6 Å². The van der Waals surface area contributed by atoms with E-state index >= 15 is 0 Å². The Labute approximate surface area is 156 Å². The molecule has 1 aliphatic rings. The Bertz CT molecular complexity index is 696. The van der Waals surface area contributed by atoms with Crippen molar-refractivity contribution < 1.29 is 9.53 Å². The van der Waals surface area contributed by atoms with Crippen LogP contribution in [0.25, 0.3) is 0 Å². The summed E-state index contributed by atoms with van der Waals surface area (Å²) in [4.78, 5) is 16.7. The molecule has 0 atom stereocenters. The molecule has 1 heterocycles. The molecule has 25 heavy (non-hydrogen) atoms. The predicted molar refractivity (Wildman–Crippen MR) is 104 cm³/mol. The van der Waals surface area contributed by atoms with Crippen LogP contribution in [0.2, 0.25) is 0 Å². The normalized spacial score (nSPS) is 15.0. The molecule has 1 fully saturated rings. The molecular weight excluding hydrogens is 382 g/mol. The van der Waals surface area contributed by atoms with Crippen LogP contribution in [0.1, 0.15) is 0 Å². The Morgan fingerprint density at radius 1 is 1.04 bits per heavy atom. The molecule has 0 unspecified atom stereocenters. The lowest BCUT2D eigenvalue weighted by Gasteiger charge is -2.35. The quantitative estimate of drug-likeness (QED) is 0.832. The van der Waals surface area contributed by atoms with Crippen molar-refractivity contribution in [1.29, 1.82) is 0 Å². The zero-order valence-electron chi connectivity index (χ0n) is 14.2. The van der Waals surface area contributed by atoms with Gasteiger partial charge in [-0.3, -0.25) is 9.69 Å². The molecular formula is C19H22BrN3O2. The number of ether oxygens (including phenoxy) is 1. The van der Waals surface area contributed by atoms with E-state index in [1.54, 1.807) is 7.11 Å². The first-order chi connectivity index (χ1) is 12.1. The summed E-state index contributed by atoms with van der Waals surface area (Å²) in [6.07, 6.45) is 0. The minimum atomic E-state index is 0.0280. The first kappa shape index (κ1) is 17.8. The maximum Gasteiger partial charge on any atom is 0.238 e. The van der Waals surface area contributed by atoms with Gasteiger partial charge < -0.3 is 15.0 Å². The van der Waals surface area contributed by atoms with Gasteiger partial charge in [0, 0.05) is 42.0 Å². The molecule has 1 N–H and O–H groups in total. The number of halogens is 1. The standard InChI is InChI=1S/C19H22BrN3O2/c1-25-18-8-6-17(7-9-18)23-12-10-22(11-13-23)14-19(24)21-16-4-2-15(20)3-5-16/h2-9H,10-14H2,1H3,(H,21,24). The molecule has 132 valence electrons. The fourth-order valence-corrected chi connectivity index (χ4v) is 3.16. The van der Waals surface area contributed by atoms with Gasteiger partial charge in [0.05, 0.1) is 13.7 Å². The number of carbonyl (C=O) groups is 1. The molecule has 0 bridgehead atoms. The molecule has 0 radical (unpaired) electrons. The average molecular weight is 404 g/mol. The van der Waals surface area contributed by atoms with E-state index in [-0.39, 0.29) is 5.91 Å².